The lowest BCUT2D eigenvalue weighted by Crippen LogP contribution is -2.32. The summed E-state index contributed by atoms with van der Waals surface area (Å²) in [7, 11) is 6.85. The maximum absolute atomic E-state index is 10.3. The zero-order valence-electron chi connectivity index (χ0n) is 7.66. The van der Waals surface area contributed by atoms with Crippen LogP contribution in [-0.4, -0.2) is 38.5 Å². The van der Waals surface area contributed by atoms with E-state index in [1.807, 2.05) is 0 Å². The van der Waals surface area contributed by atoms with Gasteiger partial charge in [-0.2, -0.15) is 0 Å². The minimum atomic E-state index is -0.975. The van der Waals surface area contributed by atoms with Crippen LogP contribution in [0.5, 0.6) is 0 Å². The predicted molar refractivity (Wildman–Crippen MR) is 51.9 cm³/mol. The van der Waals surface area contributed by atoms with Crippen LogP contribution in [0.25, 0.3) is 0 Å². The van der Waals surface area contributed by atoms with E-state index in [0.29, 0.717) is 25.3 Å². The summed E-state index contributed by atoms with van der Waals surface area (Å²) >= 11 is 0. The molecule has 0 fully saturated rings. The van der Waals surface area contributed by atoms with E-state index < -0.39 is 11.8 Å². The Labute approximate surface area is 78.8 Å². The fourth-order valence-corrected chi connectivity index (χ4v) is 0.741. The number of nitrogens with zero attached hydrogens (tertiary/aromatic N) is 1. The monoisotopic (exact) mass is 183 g/mol. The summed E-state index contributed by atoms with van der Waals surface area (Å²) in [5.41, 5.74) is 5.34. The first kappa shape index (κ1) is 11.8. The van der Waals surface area contributed by atoms with E-state index >= 15 is 0 Å². The molecule has 5 nitrogen and oxygen atoms in total. The van der Waals surface area contributed by atoms with Crippen molar-refractivity contribution in [3.63, 3.8) is 0 Å². The first-order valence-electron chi connectivity index (χ1n) is 4.02. The van der Waals surface area contributed by atoms with E-state index in [1.165, 1.54) is 0 Å². The van der Waals surface area contributed by atoms with Gasteiger partial charge >= 0.3 is 0 Å². The zero-order valence-corrected chi connectivity index (χ0v) is 7.66. The number of carboxylic acid groups (broad SMARTS) is 1. The van der Waals surface area contributed by atoms with Gasteiger partial charge in [-0.15, -0.1) is 0 Å². The van der Waals surface area contributed by atoms with Gasteiger partial charge in [-0.3, -0.25) is 9.79 Å². The molecule has 1 atom stereocenters. The van der Waals surface area contributed by atoms with Gasteiger partial charge < -0.3 is 16.2 Å². The molecule has 0 aliphatic rings. The Hall–Kier alpha value is -1.20. The highest BCUT2D eigenvalue weighted by Gasteiger charge is 2.08. The van der Waals surface area contributed by atoms with Gasteiger partial charge in [0.05, 0.1) is 7.85 Å². The molecule has 13 heavy (non-hydrogen) atoms. The van der Waals surface area contributed by atoms with Crippen LogP contribution in [0.4, 0.5) is 0 Å². The molecular formula is C7H14BN3O2. The smallest absolute Gasteiger partial charge is 0.297 e. The van der Waals surface area contributed by atoms with Crippen LogP contribution in [0.1, 0.15) is 12.8 Å². The average molecular weight is 183 g/mol. The molecular weight excluding hydrogens is 169 g/mol. The summed E-state index contributed by atoms with van der Waals surface area (Å²) in [6.45, 7) is 0.587. The summed E-state index contributed by atoms with van der Waals surface area (Å²) in [6.07, 6.45) is 1.09. The third-order valence-electron chi connectivity index (χ3n) is 1.56. The van der Waals surface area contributed by atoms with Gasteiger partial charge in [0.15, 0.2) is 5.96 Å². The predicted octanol–water partition coefficient (Wildman–Crippen LogP) is -0.658. The number of nitrogens with two attached hydrogens (primary N) is 1. The van der Waals surface area contributed by atoms with Crippen molar-refractivity contribution < 1.29 is 9.90 Å². The number of carbonyl (C=O) groups is 1. The molecule has 2 radical (unpaired) electrons. The molecule has 0 aromatic rings. The molecule has 0 spiro atoms. The van der Waals surface area contributed by atoms with Crippen molar-refractivity contribution in [2.45, 2.75) is 18.7 Å². The summed E-state index contributed by atoms with van der Waals surface area (Å²) in [4.78, 5) is 14.0. The summed E-state index contributed by atoms with van der Waals surface area (Å²) < 4.78 is 0. The second-order valence-electron chi connectivity index (χ2n) is 2.62. The van der Waals surface area contributed by atoms with Crippen LogP contribution >= 0.6 is 0 Å². The molecule has 0 amide bonds. The molecule has 6 heteroatoms. The van der Waals surface area contributed by atoms with E-state index in [1.54, 1.807) is 7.05 Å². The minimum Gasteiger partial charge on any atom is -0.482 e. The lowest BCUT2D eigenvalue weighted by Gasteiger charge is -2.07. The Morgan fingerprint density at radius 1 is 1.77 bits per heavy atom. The van der Waals surface area contributed by atoms with Crippen LogP contribution in [0.15, 0.2) is 4.99 Å². The Kier molecular flexibility index (Phi) is 5.75. The zero-order chi connectivity index (χ0) is 10.3. The third-order valence-corrected chi connectivity index (χ3v) is 1.56. The normalized spacial score (nSPS) is 13.8. The van der Waals surface area contributed by atoms with Crippen LogP contribution in [0.2, 0.25) is 5.82 Å². The fourth-order valence-electron chi connectivity index (χ4n) is 0.741. The second kappa shape index (κ2) is 6.34. The van der Waals surface area contributed by atoms with Crippen molar-refractivity contribution >= 4 is 19.8 Å². The van der Waals surface area contributed by atoms with Gasteiger partial charge in [-0.05, 0) is 12.8 Å². The summed E-state index contributed by atoms with van der Waals surface area (Å²) in [5, 5.41) is 11.2. The maximum Gasteiger partial charge on any atom is 0.297 e. The number of aliphatic imine (C=N–C) groups is 1. The van der Waals surface area contributed by atoms with Crippen LogP contribution in [0, 0.1) is 0 Å². The number of carboxylic acids is 1. The van der Waals surface area contributed by atoms with Crippen molar-refractivity contribution in [2.24, 2.45) is 10.7 Å². The Morgan fingerprint density at radius 2 is 2.38 bits per heavy atom. The number of guanidine groups is 1. The average Bonchev–Trinajstić information content (AvgIpc) is 2.11. The second-order valence-corrected chi connectivity index (χ2v) is 2.62. The summed E-state index contributed by atoms with van der Waals surface area (Å²) in [5.74, 6) is -1.41. The first-order chi connectivity index (χ1) is 6.07. The SMILES string of the molecule is [B]C(CCCNC(N)=NC)C(=O)O. The Morgan fingerprint density at radius 3 is 2.85 bits per heavy atom. The van der Waals surface area contributed by atoms with E-state index in [9.17, 15) is 4.79 Å². The van der Waals surface area contributed by atoms with E-state index in [0.717, 1.165) is 0 Å². The molecule has 4 N–H and O–H groups in total. The van der Waals surface area contributed by atoms with Crippen molar-refractivity contribution in [3.8, 4) is 0 Å². The quantitative estimate of drug-likeness (QED) is 0.228. The molecule has 0 aromatic carbocycles. The molecule has 0 bridgehead atoms. The number of hydrogen-bond donors (Lipinski definition) is 3. The Balaban J connectivity index is 3.41. The van der Waals surface area contributed by atoms with Gasteiger partial charge in [0.25, 0.3) is 5.97 Å². The lowest BCUT2D eigenvalue weighted by atomic mass is 9.84. The topological polar surface area (TPSA) is 87.7 Å². The molecule has 1 unspecified atom stereocenters. The van der Waals surface area contributed by atoms with Crippen molar-refractivity contribution in [1.29, 1.82) is 0 Å². The minimum absolute atomic E-state index is 0.351. The number of hydrogen-bond acceptors (Lipinski definition) is 2. The van der Waals surface area contributed by atoms with Crippen LogP contribution in [-0.2, 0) is 4.79 Å². The molecule has 0 saturated carbocycles. The highest BCUT2D eigenvalue weighted by atomic mass is 16.4. The lowest BCUT2D eigenvalue weighted by molar-refractivity contribution is -0.137. The molecule has 0 aliphatic carbocycles. The van der Waals surface area contributed by atoms with E-state index in [-0.39, 0.29) is 0 Å². The van der Waals surface area contributed by atoms with Crippen molar-refractivity contribution in [1.82, 2.24) is 5.32 Å². The highest BCUT2D eigenvalue weighted by Crippen LogP contribution is 2.07. The Bertz CT molecular complexity index is 196. The number of aliphatic carboxylic acids is 1. The molecule has 0 heterocycles. The molecule has 0 aromatic heterocycles. The molecule has 0 aliphatic heterocycles. The molecule has 72 valence electrons. The van der Waals surface area contributed by atoms with Gasteiger partial charge in [-0.1, -0.05) is 0 Å². The first-order valence-corrected chi connectivity index (χ1v) is 4.02. The van der Waals surface area contributed by atoms with Crippen molar-refractivity contribution in [3.05, 3.63) is 0 Å². The van der Waals surface area contributed by atoms with Gasteiger partial charge in [0, 0.05) is 19.4 Å². The maximum atomic E-state index is 10.3. The van der Waals surface area contributed by atoms with Crippen LogP contribution in [0.3, 0.4) is 0 Å². The largest absolute Gasteiger partial charge is 0.482 e. The van der Waals surface area contributed by atoms with Gasteiger partial charge in [0.1, 0.15) is 0 Å². The van der Waals surface area contributed by atoms with Gasteiger partial charge in [0.2, 0.25) is 0 Å². The standard InChI is InChI=1S/C7H14BN3O2/c1-10-7(9)11-4-2-3-5(8)6(12)13/h5H,2-4H2,1H3,(H,12,13)(H3,9,10,11). The van der Waals surface area contributed by atoms with Crippen molar-refractivity contribution in [2.75, 3.05) is 13.6 Å². The number of rotatable bonds is 5. The third kappa shape index (κ3) is 6.01. The number of nitrogens with one attached hydrogen (secondary N) is 1. The summed E-state index contributed by atoms with van der Waals surface area (Å²) in [6, 6.07) is 0. The molecule has 0 rings (SSSR count). The van der Waals surface area contributed by atoms with E-state index in [4.69, 9.17) is 18.7 Å². The fraction of sp³-hybridized carbons (Fsp3) is 0.714. The highest BCUT2D eigenvalue weighted by molar-refractivity contribution is 6.22. The molecule has 0 saturated heterocycles. The van der Waals surface area contributed by atoms with E-state index in [2.05, 4.69) is 10.3 Å². The van der Waals surface area contributed by atoms with Crippen LogP contribution < -0.4 is 11.1 Å². The van der Waals surface area contributed by atoms with Gasteiger partial charge in [-0.25, -0.2) is 0 Å².